The molecule has 35 heavy (non-hydrogen) atoms. The van der Waals surface area contributed by atoms with E-state index in [4.69, 9.17) is 14.2 Å². The summed E-state index contributed by atoms with van der Waals surface area (Å²) in [4.78, 5) is 30.9. The third-order valence-corrected chi connectivity index (χ3v) is 6.27. The Kier molecular flexibility index (Phi) is 6.94. The topological polar surface area (TPSA) is 107 Å². The lowest BCUT2D eigenvalue weighted by Gasteiger charge is -2.33. The number of morpholine rings is 1. The second-order valence-corrected chi connectivity index (χ2v) is 8.66. The lowest BCUT2D eigenvalue weighted by Crippen LogP contribution is -2.47. The number of aromatic nitrogens is 2. The van der Waals surface area contributed by atoms with Crippen molar-refractivity contribution in [3.8, 4) is 11.5 Å². The van der Waals surface area contributed by atoms with Crippen LogP contribution in [-0.4, -0.2) is 73.0 Å². The number of ether oxygens (including phenoxy) is 3. The van der Waals surface area contributed by atoms with E-state index in [9.17, 15) is 9.59 Å². The second kappa shape index (κ2) is 10.4. The Bertz CT molecular complexity index is 1280. The highest BCUT2D eigenvalue weighted by atomic mass is 16.5. The maximum atomic E-state index is 12.6. The highest BCUT2D eigenvalue weighted by Crippen LogP contribution is 2.25. The van der Waals surface area contributed by atoms with Gasteiger partial charge in [-0.15, -0.1) is 0 Å². The molecule has 1 aromatic carbocycles. The van der Waals surface area contributed by atoms with Crippen LogP contribution in [0.4, 0.5) is 5.82 Å². The fourth-order valence-electron chi connectivity index (χ4n) is 4.44. The molecular weight excluding hydrogens is 450 g/mol. The largest absolute Gasteiger partial charge is 0.497 e. The van der Waals surface area contributed by atoms with Crippen molar-refractivity contribution in [1.29, 1.82) is 0 Å². The molecule has 0 saturated carbocycles. The fraction of sp³-hybridized carbons (Fsp3) is 0.400. The summed E-state index contributed by atoms with van der Waals surface area (Å²) in [7, 11) is 1.63. The maximum absolute atomic E-state index is 12.6. The van der Waals surface area contributed by atoms with Gasteiger partial charge in [-0.3, -0.25) is 14.5 Å². The van der Waals surface area contributed by atoms with Gasteiger partial charge in [0, 0.05) is 51.4 Å². The number of carbonyl (C=O) groups excluding carboxylic acids is 1. The highest BCUT2D eigenvalue weighted by molar-refractivity contribution is 5.94. The molecule has 2 aromatic heterocycles. The van der Waals surface area contributed by atoms with Crippen LogP contribution in [0.3, 0.4) is 0 Å². The fourth-order valence-corrected chi connectivity index (χ4v) is 4.44. The summed E-state index contributed by atoms with van der Waals surface area (Å²) >= 11 is 0. The van der Waals surface area contributed by atoms with Gasteiger partial charge in [-0.1, -0.05) is 0 Å². The molecule has 0 unspecified atom stereocenters. The molecule has 4 heterocycles. The number of benzene rings is 1. The zero-order valence-corrected chi connectivity index (χ0v) is 19.7. The van der Waals surface area contributed by atoms with E-state index >= 15 is 0 Å². The van der Waals surface area contributed by atoms with E-state index < -0.39 is 0 Å². The number of hydrogen-bond donors (Lipinski definition) is 2. The Labute approximate surface area is 202 Å². The van der Waals surface area contributed by atoms with E-state index in [2.05, 4.69) is 20.5 Å². The van der Waals surface area contributed by atoms with E-state index in [-0.39, 0.29) is 24.2 Å². The summed E-state index contributed by atoms with van der Waals surface area (Å²) in [5, 5.41) is 7.13. The molecule has 184 valence electrons. The molecule has 1 amide bonds. The molecule has 1 fully saturated rings. The van der Waals surface area contributed by atoms with Crippen LogP contribution in [0, 0.1) is 0 Å². The van der Waals surface area contributed by atoms with E-state index in [1.165, 1.54) is 0 Å². The van der Waals surface area contributed by atoms with Gasteiger partial charge in [0.2, 0.25) is 0 Å². The molecule has 5 rings (SSSR count). The Morgan fingerprint density at radius 2 is 2.06 bits per heavy atom. The van der Waals surface area contributed by atoms with Gasteiger partial charge in [-0.05, 0) is 35.7 Å². The van der Waals surface area contributed by atoms with E-state index in [0.717, 1.165) is 42.0 Å². The van der Waals surface area contributed by atoms with Crippen molar-refractivity contribution in [2.24, 2.45) is 0 Å². The van der Waals surface area contributed by atoms with Gasteiger partial charge in [-0.2, -0.15) is 0 Å². The van der Waals surface area contributed by atoms with Gasteiger partial charge in [0.1, 0.15) is 5.75 Å². The first-order valence-electron chi connectivity index (χ1n) is 11.7. The smallest absolute Gasteiger partial charge is 0.263 e. The predicted molar refractivity (Wildman–Crippen MR) is 131 cm³/mol. The van der Waals surface area contributed by atoms with Crippen molar-refractivity contribution in [3.05, 3.63) is 58.5 Å². The van der Waals surface area contributed by atoms with Gasteiger partial charge in [0.15, 0.2) is 18.2 Å². The van der Waals surface area contributed by atoms with Crippen molar-refractivity contribution in [2.45, 2.75) is 19.2 Å². The zero-order valence-electron chi connectivity index (χ0n) is 19.7. The summed E-state index contributed by atoms with van der Waals surface area (Å²) in [5.74, 6) is 1.58. The van der Waals surface area contributed by atoms with Crippen LogP contribution < -0.4 is 25.7 Å². The summed E-state index contributed by atoms with van der Waals surface area (Å²) < 4.78 is 18.5. The van der Waals surface area contributed by atoms with Crippen molar-refractivity contribution in [1.82, 2.24) is 19.8 Å². The Morgan fingerprint density at radius 1 is 1.17 bits per heavy atom. The first kappa shape index (κ1) is 23.3. The number of amides is 1. The van der Waals surface area contributed by atoms with Crippen LogP contribution in [0.15, 0.2) is 47.3 Å². The summed E-state index contributed by atoms with van der Waals surface area (Å²) in [6.45, 7) is 4.83. The van der Waals surface area contributed by atoms with Gasteiger partial charge in [0.05, 0.1) is 31.0 Å². The molecule has 0 bridgehead atoms. The number of carbonyl (C=O) groups is 1. The van der Waals surface area contributed by atoms with Crippen molar-refractivity contribution in [3.63, 3.8) is 0 Å². The number of nitrogens with zero attached hydrogens (tertiary/aromatic N) is 3. The van der Waals surface area contributed by atoms with Crippen LogP contribution in [0.1, 0.15) is 5.69 Å². The van der Waals surface area contributed by atoms with E-state index in [1.807, 2.05) is 41.0 Å². The molecule has 3 aromatic rings. The number of rotatable bonds is 8. The molecule has 0 aliphatic carbocycles. The molecule has 2 aliphatic heterocycles. The zero-order chi connectivity index (χ0) is 24.2. The number of nitrogens with one attached hydrogen (secondary N) is 2. The lowest BCUT2D eigenvalue weighted by atomic mass is 10.2. The molecule has 1 atom stereocenters. The number of anilines is 1. The first-order chi connectivity index (χ1) is 17.1. The molecule has 0 radical (unpaired) electrons. The molecule has 2 aliphatic rings. The maximum Gasteiger partial charge on any atom is 0.263 e. The summed E-state index contributed by atoms with van der Waals surface area (Å²) in [6.07, 6.45) is 0.0359. The van der Waals surface area contributed by atoms with Crippen LogP contribution in [-0.2, 0) is 22.6 Å². The standard InChI is InChI=1S/C25H29N5O5/c1-33-19-5-2-17-3-7-24(32)30(21(17)12-19)9-8-29-10-11-34-20(15-29)14-26-13-18-4-6-22-25(27-18)28-23(31)16-35-22/h2-7,12,20,26H,8-11,13-16H2,1H3,(H,27,28,31)/t20-/m0/s1. The molecule has 0 spiro atoms. The van der Waals surface area contributed by atoms with Gasteiger partial charge < -0.3 is 29.4 Å². The van der Waals surface area contributed by atoms with Gasteiger partial charge >= 0.3 is 0 Å². The summed E-state index contributed by atoms with van der Waals surface area (Å²) in [6, 6.07) is 13.0. The minimum Gasteiger partial charge on any atom is -0.497 e. The first-order valence-corrected chi connectivity index (χ1v) is 11.7. The minimum atomic E-state index is -0.198. The Hall–Kier alpha value is -3.47. The average molecular weight is 480 g/mol. The third kappa shape index (κ3) is 5.45. The Morgan fingerprint density at radius 3 is 2.94 bits per heavy atom. The quantitative estimate of drug-likeness (QED) is 0.497. The van der Waals surface area contributed by atoms with Crippen LogP contribution in [0.25, 0.3) is 10.9 Å². The molecular formula is C25H29N5O5. The van der Waals surface area contributed by atoms with Crippen molar-refractivity contribution >= 4 is 22.6 Å². The van der Waals surface area contributed by atoms with E-state index in [0.29, 0.717) is 37.8 Å². The predicted octanol–water partition coefficient (Wildman–Crippen LogP) is 1.23. The molecule has 10 heteroatoms. The van der Waals surface area contributed by atoms with Crippen molar-refractivity contribution < 1.29 is 19.0 Å². The molecule has 2 N–H and O–H groups in total. The number of fused-ring (bicyclic) bond motifs is 2. The lowest BCUT2D eigenvalue weighted by molar-refractivity contribution is -0.118. The normalized spacial score (nSPS) is 18.1. The van der Waals surface area contributed by atoms with Crippen molar-refractivity contribution in [2.75, 3.05) is 51.8 Å². The van der Waals surface area contributed by atoms with Crippen LogP contribution >= 0.6 is 0 Å². The van der Waals surface area contributed by atoms with Crippen LogP contribution in [0.2, 0.25) is 0 Å². The molecule has 1 saturated heterocycles. The minimum absolute atomic E-state index is 0.0173. The SMILES string of the molecule is COc1ccc2ccc(=O)n(CCN3CCO[C@@H](CNCc4ccc5c(n4)NC(=O)CO5)C3)c2c1. The number of pyridine rings is 2. The third-order valence-electron chi connectivity index (χ3n) is 6.27. The van der Waals surface area contributed by atoms with E-state index in [1.54, 1.807) is 13.2 Å². The average Bonchev–Trinajstić information content (AvgIpc) is 2.88. The molecule has 10 nitrogen and oxygen atoms in total. The number of hydrogen-bond acceptors (Lipinski definition) is 8. The monoisotopic (exact) mass is 479 g/mol. The number of methoxy groups -OCH3 is 1. The Balaban J connectivity index is 1.15. The van der Waals surface area contributed by atoms with Gasteiger partial charge in [0.25, 0.3) is 11.5 Å². The summed E-state index contributed by atoms with van der Waals surface area (Å²) in [5.41, 5.74) is 1.67. The van der Waals surface area contributed by atoms with Crippen LogP contribution in [0.5, 0.6) is 11.5 Å². The van der Waals surface area contributed by atoms with Gasteiger partial charge in [-0.25, -0.2) is 4.98 Å². The highest BCUT2D eigenvalue weighted by Gasteiger charge is 2.21. The second-order valence-electron chi connectivity index (χ2n) is 8.66.